The maximum Gasteiger partial charge on any atom is 0.250 e. The van der Waals surface area contributed by atoms with Crippen molar-refractivity contribution in [1.82, 2.24) is 0 Å². The third kappa shape index (κ3) is 6.99. The minimum absolute atomic E-state index is 0.0584. The Labute approximate surface area is 238 Å². The van der Waals surface area contributed by atoms with Crippen LogP contribution >= 0.6 is 0 Å². The van der Waals surface area contributed by atoms with Gasteiger partial charge in [0.25, 0.3) is 8.32 Å². The maximum atomic E-state index is 13.6. The minimum Gasteiger partial charge on any atom is -0.543 e. The van der Waals surface area contributed by atoms with Crippen LogP contribution in [0.25, 0.3) is 5.76 Å². The van der Waals surface area contributed by atoms with E-state index in [4.69, 9.17) is 18.6 Å². The molecule has 3 aliphatic rings. The molecule has 0 spiro atoms. The van der Waals surface area contributed by atoms with Gasteiger partial charge in [-0.15, -0.1) is 0 Å². The molecule has 1 aromatic rings. The lowest BCUT2D eigenvalue weighted by Gasteiger charge is -2.40. The number of allylic oxidation sites excluding steroid dienone is 1. The first-order valence-electron chi connectivity index (χ1n) is 15.4. The second-order valence-electron chi connectivity index (χ2n) is 13.4. The van der Waals surface area contributed by atoms with Gasteiger partial charge in [-0.05, 0) is 80.6 Å². The highest BCUT2D eigenvalue weighted by Gasteiger charge is 2.47. The van der Waals surface area contributed by atoms with E-state index in [-0.39, 0.29) is 29.3 Å². The number of methoxy groups -OCH3 is 1. The van der Waals surface area contributed by atoms with E-state index < -0.39 is 8.32 Å². The van der Waals surface area contributed by atoms with Crippen LogP contribution in [-0.4, -0.2) is 40.2 Å². The standard InChI is InChI=1S/C33H52O5Si/c1-8-9-10-14-24(37-30-17-11-12-20-36-30)18-19-26-28(34)22-23-21-27-25(15-13-16-29(27)35-5)32(31(23)26)38-39(6,7)33(2,3)4/h13,15-16,23-24,26,30H,8-12,14,17-22H2,1-7H3/t23-,24+,26?,30?/m1/s1. The molecular formula is C33H52O5Si. The Morgan fingerprint density at radius 2 is 1.90 bits per heavy atom. The second-order valence-corrected chi connectivity index (χ2v) is 18.1. The molecule has 1 aliphatic heterocycles. The largest absolute Gasteiger partial charge is 0.543 e. The Bertz CT molecular complexity index is 1020. The lowest BCUT2D eigenvalue weighted by Crippen LogP contribution is -2.41. The van der Waals surface area contributed by atoms with Gasteiger partial charge in [0.05, 0.1) is 13.2 Å². The highest BCUT2D eigenvalue weighted by atomic mass is 28.4. The number of hydrogen-bond acceptors (Lipinski definition) is 5. The molecule has 218 valence electrons. The molecule has 6 heteroatoms. The van der Waals surface area contributed by atoms with E-state index >= 15 is 0 Å². The fraction of sp³-hybridized carbons (Fsp3) is 0.727. The van der Waals surface area contributed by atoms with Crippen molar-refractivity contribution >= 4 is 19.9 Å². The first-order valence-corrected chi connectivity index (χ1v) is 18.4. The Kier molecular flexibility index (Phi) is 10.0. The van der Waals surface area contributed by atoms with Crippen LogP contribution in [0, 0.1) is 11.8 Å². The summed E-state index contributed by atoms with van der Waals surface area (Å²) in [4.78, 5) is 13.6. The zero-order valence-corrected chi connectivity index (χ0v) is 26.6. The van der Waals surface area contributed by atoms with Crippen LogP contribution < -0.4 is 4.74 Å². The summed E-state index contributed by atoms with van der Waals surface area (Å²) in [6.45, 7) is 14.5. The average molecular weight is 557 g/mol. The molecule has 2 fully saturated rings. The molecular weight excluding hydrogens is 504 g/mol. The SMILES string of the molecule is CCCCC[C@@H](CCC1C(=O)C[C@H]2Cc3c(OC)cccc3C(O[Si](C)(C)C(C)(C)C)=C12)OC1CCCCO1. The van der Waals surface area contributed by atoms with E-state index in [2.05, 4.69) is 52.9 Å². The molecule has 0 amide bonds. The summed E-state index contributed by atoms with van der Waals surface area (Å²) in [7, 11) is -0.411. The van der Waals surface area contributed by atoms with Crippen molar-refractivity contribution in [1.29, 1.82) is 0 Å². The number of ether oxygens (including phenoxy) is 3. The predicted octanol–water partition coefficient (Wildman–Crippen LogP) is 8.46. The van der Waals surface area contributed by atoms with Gasteiger partial charge in [0.15, 0.2) is 6.29 Å². The number of benzene rings is 1. The fourth-order valence-electron chi connectivity index (χ4n) is 6.19. The molecule has 1 saturated carbocycles. The molecule has 5 nitrogen and oxygen atoms in total. The summed E-state index contributed by atoms with van der Waals surface area (Å²) in [5.41, 5.74) is 3.55. The van der Waals surface area contributed by atoms with Gasteiger partial charge < -0.3 is 18.6 Å². The first-order chi connectivity index (χ1) is 18.6. The van der Waals surface area contributed by atoms with Crippen LogP contribution in [0.5, 0.6) is 5.75 Å². The number of ketones is 1. The van der Waals surface area contributed by atoms with Gasteiger partial charge in [-0.3, -0.25) is 4.79 Å². The Morgan fingerprint density at radius 3 is 2.56 bits per heavy atom. The molecule has 0 bridgehead atoms. The van der Waals surface area contributed by atoms with Crippen molar-refractivity contribution in [2.75, 3.05) is 13.7 Å². The summed E-state index contributed by atoms with van der Waals surface area (Å²) in [5, 5.41) is 0.0584. The molecule has 1 heterocycles. The van der Waals surface area contributed by atoms with E-state index in [1.807, 2.05) is 6.07 Å². The van der Waals surface area contributed by atoms with Crippen LogP contribution in [0.4, 0.5) is 0 Å². The zero-order chi connectivity index (χ0) is 28.2. The number of rotatable bonds is 12. The van der Waals surface area contributed by atoms with Crippen molar-refractivity contribution in [3.63, 3.8) is 0 Å². The second kappa shape index (κ2) is 12.9. The van der Waals surface area contributed by atoms with Gasteiger partial charge in [-0.25, -0.2) is 0 Å². The molecule has 0 aromatic heterocycles. The molecule has 2 unspecified atom stereocenters. The number of carbonyl (C=O) groups is 1. The lowest BCUT2D eigenvalue weighted by molar-refractivity contribution is -0.191. The van der Waals surface area contributed by atoms with E-state index in [1.54, 1.807) is 7.11 Å². The van der Waals surface area contributed by atoms with Crippen LogP contribution in [0.2, 0.25) is 18.1 Å². The third-order valence-corrected chi connectivity index (χ3v) is 13.8. The van der Waals surface area contributed by atoms with Gasteiger partial charge >= 0.3 is 0 Å². The molecule has 39 heavy (non-hydrogen) atoms. The van der Waals surface area contributed by atoms with Gasteiger partial charge in [0.1, 0.15) is 17.3 Å². The quantitative estimate of drug-likeness (QED) is 0.191. The fourth-order valence-corrected chi connectivity index (χ4v) is 7.23. The first kappa shape index (κ1) is 30.3. The topological polar surface area (TPSA) is 54.0 Å². The molecule has 4 rings (SSSR count). The highest BCUT2D eigenvalue weighted by Crippen LogP contribution is 2.51. The van der Waals surface area contributed by atoms with E-state index in [0.29, 0.717) is 12.2 Å². The van der Waals surface area contributed by atoms with Crippen LogP contribution in [0.3, 0.4) is 0 Å². The van der Waals surface area contributed by atoms with Crippen molar-refractivity contribution in [2.24, 2.45) is 11.8 Å². The lowest BCUT2D eigenvalue weighted by atomic mass is 9.80. The monoisotopic (exact) mass is 556 g/mol. The summed E-state index contributed by atoms with van der Waals surface area (Å²) >= 11 is 0. The summed E-state index contributed by atoms with van der Waals surface area (Å²) in [5.74, 6) is 2.32. The van der Waals surface area contributed by atoms with Crippen LogP contribution in [0.15, 0.2) is 23.8 Å². The number of fused-ring (bicyclic) bond motifs is 2. The molecule has 0 radical (unpaired) electrons. The smallest absolute Gasteiger partial charge is 0.250 e. The summed E-state index contributed by atoms with van der Waals surface area (Å²) in [6, 6.07) is 6.26. The van der Waals surface area contributed by atoms with E-state index in [0.717, 1.165) is 68.6 Å². The van der Waals surface area contributed by atoms with Gasteiger partial charge in [-0.2, -0.15) is 0 Å². The Morgan fingerprint density at radius 1 is 1.10 bits per heavy atom. The normalized spacial score (nSPS) is 24.4. The number of carbonyl (C=O) groups excluding carboxylic acids is 1. The third-order valence-electron chi connectivity index (χ3n) is 9.51. The van der Waals surface area contributed by atoms with E-state index in [9.17, 15) is 4.79 Å². The van der Waals surface area contributed by atoms with Gasteiger partial charge in [0, 0.05) is 30.1 Å². The molecule has 1 saturated heterocycles. The molecule has 0 N–H and O–H groups in total. The van der Waals surface area contributed by atoms with Crippen molar-refractivity contribution < 1.29 is 23.4 Å². The molecule has 1 aromatic carbocycles. The number of unbranched alkanes of at least 4 members (excludes halogenated alkanes) is 2. The Balaban J connectivity index is 1.64. The van der Waals surface area contributed by atoms with Crippen molar-refractivity contribution in [2.45, 2.75) is 129 Å². The zero-order valence-electron chi connectivity index (χ0n) is 25.6. The predicted molar refractivity (Wildman–Crippen MR) is 160 cm³/mol. The van der Waals surface area contributed by atoms with Crippen LogP contribution in [-0.2, 0) is 25.1 Å². The van der Waals surface area contributed by atoms with Gasteiger partial charge in [-0.1, -0.05) is 59.1 Å². The van der Waals surface area contributed by atoms with Crippen molar-refractivity contribution in [3.8, 4) is 5.75 Å². The molecule has 2 aliphatic carbocycles. The van der Waals surface area contributed by atoms with E-state index in [1.165, 1.54) is 30.4 Å². The van der Waals surface area contributed by atoms with Gasteiger partial charge in [0.2, 0.25) is 0 Å². The number of Topliss-reactive ketones (excluding diaryl/α,β-unsaturated/α-hetero) is 1. The average Bonchev–Trinajstić information content (AvgIpc) is 3.21. The summed E-state index contributed by atoms with van der Waals surface area (Å²) in [6.07, 6.45) is 11.0. The number of hydrogen-bond donors (Lipinski definition) is 0. The highest BCUT2D eigenvalue weighted by molar-refractivity contribution is 6.74. The van der Waals surface area contributed by atoms with Crippen LogP contribution in [0.1, 0.15) is 103 Å². The Hall–Kier alpha value is -1.63. The minimum atomic E-state index is -2.15. The summed E-state index contributed by atoms with van der Waals surface area (Å²) < 4.78 is 25.4. The van der Waals surface area contributed by atoms with Crippen molar-refractivity contribution in [3.05, 3.63) is 34.9 Å². The maximum absolute atomic E-state index is 13.6. The molecule has 4 atom stereocenters.